The predicted octanol–water partition coefficient (Wildman–Crippen LogP) is 3.65. The number of benzene rings is 1. The van der Waals surface area contributed by atoms with Gasteiger partial charge in [-0.25, -0.2) is 0 Å². The molecule has 0 radical (unpaired) electrons. The molecular formula is C19H22N2O3. The first-order valence-corrected chi connectivity index (χ1v) is 7.95. The van der Waals surface area contributed by atoms with Crippen molar-refractivity contribution >= 4 is 18.1 Å². The van der Waals surface area contributed by atoms with Crippen LogP contribution >= 0.6 is 0 Å². The molecular weight excluding hydrogens is 304 g/mol. The van der Waals surface area contributed by atoms with Crippen molar-refractivity contribution in [2.24, 2.45) is 0 Å². The summed E-state index contributed by atoms with van der Waals surface area (Å²) in [5.74, 6) is 0.0829. The number of carbonyl (C=O) groups excluding carboxylic acids is 2. The Balaban J connectivity index is 0.000000209. The zero-order valence-electron chi connectivity index (χ0n) is 14.6. The second-order valence-corrected chi connectivity index (χ2v) is 7.59. The maximum atomic E-state index is 11.8. The van der Waals surface area contributed by atoms with Crippen LogP contribution in [0.15, 0.2) is 30.5 Å². The molecule has 5 heteroatoms. The van der Waals surface area contributed by atoms with Gasteiger partial charge in [-0.3, -0.25) is 9.59 Å². The Morgan fingerprint density at radius 1 is 1.21 bits per heavy atom. The van der Waals surface area contributed by atoms with Gasteiger partial charge in [0.25, 0.3) is 6.47 Å². The van der Waals surface area contributed by atoms with Crippen LogP contribution < -0.4 is 5.32 Å². The van der Waals surface area contributed by atoms with E-state index >= 15 is 0 Å². The van der Waals surface area contributed by atoms with E-state index in [1.165, 1.54) is 16.9 Å². The van der Waals surface area contributed by atoms with Gasteiger partial charge in [0.1, 0.15) is 5.60 Å². The van der Waals surface area contributed by atoms with Crippen LogP contribution in [0.2, 0.25) is 0 Å². The van der Waals surface area contributed by atoms with Crippen molar-refractivity contribution in [2.75, 3.05) is 5.32 Å². The summed E-state index contributed by atoms with van der Waals surface area (Å²) >= 11 is 0. The van der Waals surface area contributed by atoms with E-state index in [0.29, 0.717) is 6.47 Å². The Kier molecular flexibility index (Phi) is 3.55. The van der Waals surface area contributed by atoms with E-state index in [1.54, 1.807) is 0 Å². The minimum absolute atomic E-state index is 0.0829. The highest BCUT2D eigenvalue weighted by molar-refractivity contribution is 6.06. The number of rotatable bonds is 2. The lowest BCUT2D eigenvalue weighted by Gasteiger charge is -2.15. The van der Waals surface area contributed by atoms with E-state index in [2.05, 4.69) is 39.0 Å². The minimum Gasteiger partial charge on any atom is -0.462 e. The van der Waals surface area contributed by atoms with Crippen molar-refractivity contribution in [3.8, 4) is 16.9 Å². The van der Waals surface area contributed by atoms with Gasteiger partial charge in [-0.2, -0.15) is 0 Å². The number of amides is 1. The van der Waals surface area contributed by atoms with Crippen molar-refractivity contribution in [2.45, 2.75) is 45.6 Å². The van der Waals surface area contributed by atoms with Gasteiger partial charge >= 0.3 is 0 Å². The van der Waals surface area contributed by atoms with Gasteiger partial charge in [0.05, 0.1) is 16.8 Å². The van der Waals surface area contributed by atoms with Crippen LogP contribution in [0, 0.1) is 0 Å². The summed E-state index contributed by atoms with van der Waals surface area (Å²) in [6.07, 6.45) is 2.06. The molecule has 0 saturated carbocycles. The van der Waals surface area contributed by atoms with Crippen LogP contribution in [0.5, 0.6) is 0 Å². The topological polar surface area (TPSA) is 60.3 Å². The Morgan fingerprint density at radius 2 is 1.88 bits per heavy atom. The van der Waals surface area contributed by atoms with E-state index in [0.717, 1.165) is 11.3 Å². The Labute approximate surface area is 141 Å². The molecule has 0 spiro atoms. The van der Waals surface area contributed by atoms with Gasteiger partial charge in [-0.05, 0) is 58.4 Å². The summed E-state index contributed by atoms with van der Waals surface area (Å²) in [4.78, 5) is 21.4. The van der Waals surface area contributed by atoms with Crippen LogP contribution in [0.4, 0.5) is 5.69 Å². The smallest absolute Gasteiger partial charge is 0.293 e. The van der Waals surface area contributed by atoms with Crippen molar-refractivity contribution in [1.29, 1.82) is 0 Å². The van der Waals surface area contributed by atoms with Gasteiger partial charge in [0.15, 0.2) is 0 Å². The van der Waals surface area contributed by atoms with Crippen LogP contribution in [0.25, 0.3) is 16.9 Å². The molecule has 3 heterocycles. The molecule has 1 N–H and O–H groups in total. The summed E-state index contributed by atoms with van der Waals surface area (Å²) in [5, 5.41) is 2.93. The second-order valence-electron chi connectivity index (χ2n) is 7.59. The van der Waals surface area contributed by atoms with Gasteiger partial charge in [-0.1, -0.05) is 6.07 Å². The van der Waals surface area contributed by atoms with Crippen LogP contribution in [0.3, 0.4) is 0 Å². The monoisotopic (exact) mass is 326 g/mol. The Bertz CT molecular complexity index is 806. The molecule has 0 bridgehead atoms. The van der Waals surface area contributed by atoms with Crippen LogP contribution in [-0.4, -0.2) is 22.5 Å². The fourth-order valence-electron chi connectivity index (χ4n) is 2.72. The second kappa shape index (κ2) is 5.23. The zero-order valence-corrected chi connectivity index (χ0v) is 14.6. The van der Waals surface area contributed by atoms with Crippen molar-refractivity contribution in [3.63, 3.8) is 0 Å². The molecule has 4 rings (SSSR count). The van der Waals surface area contributed by atoms with Gasteiger partial charge < -0.3 is 14.6 Å². The number of nitrogens with zero attached hydrogens (tertiary/aromatic N) is 1. The van der Waals surface area contributed by atoms with Crippen molar-refractivity contribution in [1.82, 2.24) is 4.57 Å². The average molecular weight is 326 g/mol. The average Bonchev–Trinajstić information content (AvgIpc) is 2.89. The molecule has 0 aliphatic carbocycles. The Hall–Kier alpha value is -2.56. The third kappa shape index (κ3) is 2.70. The number of fused-ring (bicyclic) bond motifs is 2. The van der Waals surface area contributed by atoms with Gasteiger partial charge in [0.2, 0.25) is 5.91 Å². The lowest BCUT2D eigenvalue weighted by Crippen LogP contribution is -2.26. The number of aromatic nitrogens is 1. The third-order valence-electron chi connectivity index (χ3n) is 4.26. The SMILES string of the molecule is CC(C)(C)OC=O.CC1(C)C(=O)Nc2ccc(-c3c4ccn3-4)cc21. The Morgan fingerprint density at radius 3 is 2.33 bits per heavy atom. The normalized spacial score (nSPS) is 15.8. The zero-order chi connectivity index (χ0) is 17.7. The molecule has 1 amide bonds. The maximum absolute atomic E-state index is 11.8. The summed E-state index contributed by atoms with van der Waals surface area (Å²) in [6, 6.07) is 8.32. The van der Waals surface area contributed by atoms with Crippen molar-refractivity contribution < 1.29 is 14.3 Å². The minimum atomic E-state index is -0.423. The molecule has 24 heavy (non-hydrogen) atoms. The fourth-order valence-corrected chi connectivity index (χ4v) is 2.72. The van der Waals surface area contributed by atoms with Crippen LogP contribution in [0.1, 0.15) is 40.2 Å². The first kappa shape index (κ1) is 16.3. The summed E-state index contributed by atoms with van der Waals surface area (Å²) < 4.78 is 6.71. The molecule has 0 atom stereocenters. The lowest BCUT2D eigenvalue weighted by molar-refractivity contribution is -0.138. The van der Waals surface area contributed by atoms with Crippen LogP contribution in [-0.2, 0) is 19.7 Å². The molecule has 0 saturated heterocycles. The number of hydrogen-bond acceptors (Lipinski definition) is 3. The molecule has 126 valence electrons. The highest BCUT2D eigenvalue weighted by Crippen LogP contribution is 2.45. The van der Waals surface area contributed by atoms with E-state index in [9.17, 15) is 9.59 Å². The molecule has 5 nitrogen and oxygen atoms in total. The summed E-state index contributed by atoms with van der Waals surface area (Å²) in [7, 11) is 0. The third-order valence-corrected chi connectivity index (χ3v) is 4.26. The van der Waals surface area contributed by atoms with E-state index in [1.807, 2.05) is 40.7 Å². The molecule has 0 fully saturated rings. The first-order valence-electron chi connectivity index (χ1n) is 7.95. The quantitative estimate of drug-likeness (QED) is 0.731. The fraction of sp³-hybridized carbons (Fsp3) is 0.368. The van der Waals surface area contributed by atoms with E-state index < -0.39 is 5.41 Å². The molecule has 0 aromatic heterocycles. The summed E-state index contributed by atoms with van der Waals surface area (Å²) in [6.45, 7) is 9.86. The first-order chi connectivity index (χ1) is 11.1. The number of hydrogen-bond donors (Lipinski definition) is 1. The van der Waals surface area contributed by atoms with Gasteiger partial charge in [-0.15, -0.1) is 0 Å². The van der Waals surface area contributed by atoms with E-state index in [-0.39, 0.29) is 11.5 Å². The van der Waals surface area contributed by atoms with E-state index in [4.69, 9.17) is 0 Å². The number of carbonyl (C=O) groups is 2. The van der Waals surface area contributed by atoms with Gasteiger partial charge in [0, 0.05) is 17.4 Å². The number of ether oxygens (including phenoxy) is 1. The highest BCUT2D eigenvalue weighted by atomic mass is 16.5. The molecule has 0 unspecified atom stereocenters. The molecule has 3 aliphatic rings. The largest absolute Gasteiger partial charge is 0.462 e. The maximum Gasteiger partial charge on any atom is 0.293 e. The molecule has 1 aromatic carbocycles. The lowest BCUT2D eigenvalue weighted by atomic mass is 9.85. The molecule has 1 aromatic rings. The number of nitrogens with one attached hydrogen (secondary N) is 1. The highest BCUT2D eigenvalue weighted by Gasteiger charge is 2.39. The predicted molar refractivity (Wildman–Crippen MR) is 93.3 cm³/mol. The summed E-state index contributed by atoms with van der Waals surface area (Å²) in [5.41, 5.74) is 5.09. The number of anilines is 1. The van der Waals surface area contributed by atoms with Crippen molar-refractivity contribution in [3.05, 3.63) is 36.0 Å². The standard InChI is InChI=1S/C14H12N2O.C5H10O2/c1-14(2)9-7-8(12-11-5-6-16(11)12)3-4-10(9)15-13(14)17;1-5(2,3)7-4-6/h3-7H,1-2H3,(H,15,17);4H,1-3H3. The molecule has 3 aliphatic heterocycles.